The highest BCUT2D eigenvalue weighted by molar-refractivity contribution is 4.99. The fourth-order valence-electron chi connectivity index (χ4n) is 3.34. The maximum Gasteiger partial charge on any atom is 0.0207 e. The van der Waals surface area contributed by atoms with Crippen molar-refractivity contribution < 1.29 is 0 Å². The Morgan fingerprint density at radius 2 is 2.07 bits per heavy atom. The van der Waals surface area contributed by atoms with Gasteiger partial charge in [-0.1, -0.05) is 13.8 Å². The van der Waals surface area contributed by atoms with Gasteiger partial charge in [-0.3, -0.25) is 4.90 Å². The van der Waals surface area contributed by atoms with Crippen molar-refractivity contribution in [3.05, 3.63) is 0 Å². The molecule has 1 atom stereocenters. The van der Waals surface area contributed by atoms with Gasteiger partial charge in [0.1, 0.15) is 0 Å². The first-order chi connectivity index (χ1) is 7.30. The molecule has 1 aliphatic carbocycles. The van der Waals surface area contributed by atoms with E-state index >= 15 is 0 Å². The van der Waals surface area contributed by atoms with Gasteiger partial charge in [0.05, 0.1) is 0 Å². The summed E-state index contributed by atoms with van der Waals surface area (Å²) >= 11 is 0. The molecule has 0 bridgehead atoms. The van der Waals surface area contributed by atoms with Crippen molar-refractivity contribution in [3.8, 4) is 0 Å². The fraction of sp³-hybridized carbons (Fsp3) is 1.00. The van der Waals surface area contributed by atoms with Crippen LogP contribution in [0.3, 0.4) is 0 Å². The van der Waals surface area contributed by atoms with Crippen molar-refractivity contribution in [1.29, 1.82) is 0 Å². The van der Waals surface area contributed by atoms with Gasteiger partial charge >= 0.3 is 0 Å². The molecule has 1 unspecified atom stereocenters. The first-order valence-electron chi connectivity index (χ1n) is 6.79. The van der Waals surface area contributed by atoms with Gasteiger partial charge in [0.15, 0.2) is 0 Å². The Kier molecular flexibility index (Phi) is 3.68. The van der Waals surface area contributed by atoms with Crippen LogP contribution in [-0.4, -0.2) is 36.1 Å². The number of nitrogens with zero attached hydrogens (tertiary/aromatic N) is 1. The van der Waals surface area contributed by atoms with E-state index in [0.717, 1.165) is 12.6 Å². The standard InChI is InChI=1S/C13H26N2/c1-3-13(8-6-9-13)15-10-5-7-12(11-15)14-4-2/h12,14H,3-11H2,1-2H3. The number of hydrogen-bond donors (Lipinski definition) is 1. The van der Waals surface area contributed by atoms with Gasteiger partial charge in [0, 0.05) is 18.1 Å². The van der Waals surface area contributed by atoms with E-state index in [0.29, 0.717) is 5.54 Å². The summed E-state index contributed by atoms with van der Waals surface area (Å²) in [5.74, 6) is 0. The summed E-state index contributed by atoms with van der Waals surface area (Å²) in [5, 5.41) is 3.62. The van der Waals surface area contributed by atoms with Crippen LogP contribution in [0.2, 0.25) is 0 Å². The monoisotopic (exact) mass is 210 g/mol. The Morgan fingerprint density at radius 3 is 2.60 bits per heavy atom. The second-order valence-electron chi connectivity index (χ2n) is 5.27. The molecule has 0 aromatic carbocycles. The minimum absolute atomic E-state index is 0.605. The third kappa shape index (κ3) is 2.21. The van der Waals surface area contributed by atoms with Gasteiger partial charge in [-0.15, -0.1) is 0 Å². The second kappa shape index (κ2) is 4.84. The molecule has 88 valence electrons. The van der Waals surface area contributed by atoms with E-state index in [-0.39, 0.29) is 0 Å². The molecule has 15 heavy (non-hydrogen) atoms. The number of likely N-dealkylation sites (N-methyl/N-ethyl adjacent to an activating group) is 1. The number of hydrogen-bond acceptors (Lipinski definition) is 2. The van der Waals surface area contributed by atoms with Crippen LogP contribution in [-0.2, 0) is 0 Å². The molecule has 2 fully saturated rings. The van der Waals surface area contributed by atoms with Gasteiger partial charge in [-0.2, -0.15) is 0 Å². The number of piperidine rings is 1. The van der Waals surface area contributed by atoms with E-state index in [1.807, 2.05) is 0 Å². The van der Waals surface area contributed by atoms with E-state index in [2.05, 4.69) is 24.1 Å². The Labute approximate surface area is 94.4 Å². The van der Waals surface area contributed by atoms with Gasteiger partial charge < -0.3 is 5.32 Å². The lowest BCUT2D eigenvalue weighted by atomic mass is 9.72. The maximum absolute atomic E-state index is 3.62. The van der Waals surface area contributed by atoms with E-state index in [1.54, 1.807) is 0 Å². The van der Waals surface area contributed by atoms with Crippen LogP contribution in [0.25, 0.3) is 0 Å². The molecular weight excluding hydrogens is 184 g/mol. The highest BCUT2D eigenvalue weighted by Gasteiger charge is 2.42. The number of rotatable bonds is 4. The second-order valence-corrected chi connectivity index (χ2v) is 5.27. The summed E-state index contributed by atoms with van der Waals surface area (Å²) in [6.45, 7) is 8.35. The molecule has 0 radical (unpaired) electrons. The summed E-state index contributed by atoms with van der Waals surface area (Å²) in [7, 11) is 0. The normalized spacial score (nSPS) is 31.2. The summed E-state index contributed by atoms with van der Waals surface area (Å²) in [4.78, 5) is 2.79. The molecule has 1 saturated carbocycles. The van der Waals surface area contributed by atoms with E-state index in [9.17, 15) is 0 Å². The van der Waals surface area contributed by atoms with Crippen molar-refractivity contribution in [2.45, 2.75) is 64.0 Å². The van der Waals surface area contributed by atoms with Crippen LogP contribution in [0, 0.1) is 0 Å². The van der Waals surface area contributed by atoms with Gasteiger partial charge in [0.2, 0.25) is 0 Å². The molecule has 2 nitrogen and oxygen atoms in total. The maximum atomic E-state index is 3.62. The van der Waals surface area contributed by atoms with Gasteiger partial charge in [0.25, 0.3) is 0 Å². The smallest absolute Gasteiger partial charge is 0.0207 e. The molecule has 0 aromatic rings. The fourth-order valence-corrected chi connectivity index (χ4v) is 3.34. The molecule has 0 amide bonds. The Balaban J connectivity index is 1.91. The number of nitrogens with one attached hydrogen (secondary N) is 1. The van der Waals surface area contributed by atoms with Crippen LogP contribution >= 0.6 is 0 Å². The molecule has 2 heteroatoms. The molecule has 1 N–H and O–H groups in total. The van der Waals surface area contributed by atoms with Crippen molar-refractivity contribution >= 4 is 0 Å². The summed E-state index contributed by atoms with van der Waals surface area (Å²) in [6.07, 6.45) is 8.47. The predicted molar refractivity (Wildman–Crippen MR) is 65.1 cm³/mol. The van der Waals surface area contributed by atoms with E-state index in [4.69, 9.17) is 0 Å². The van der Waals surface area contributed by atoms with Crippen molar-refractivity contribution in [1.82, 2.24) is 10.2 Å². The first kappa shape index (κ1) is 11.4. The molecule has 2 aliphatic rings. The third-order valence-corrected chi connectivity index (χ3v) is 4.53. The van der Waals surface area contributed by atoms with Crippen LogP contribution in [0.5, 0.6) is 0 Å². The first-order valence-corrected chi connectivity index (χ1v) is 6.79. The summed E-state index contributed by atoms with van der Waals surface area (Å²) in [5.41, 5.74) is 0.605. The molecule has 1 saturated heterocycles. The zero-order chi connectivity index (χ0) is 10.7. The Hall–Kier alpha value is -0.0800. The molecular formula is C13H26N2. The lowest BCUT2D eigenvalue weighted by molar-refractivity contribution is -0.00996. The molecule has 1 aliphatic heterocycles. The van der Waals surface area contributed by atoms with E-state index in [1.165, 1.54) is 51.6 Å². The predicted octanol–water partition coefficient (Wildman–Crippen LogP) is 2.39. The Morgan fingerprint density at radius 1 is 1.27 bits per heavy atom. The molecule has 2 rings (SSSR count). The van der Waals surface area contributed by atoms with Crippen LogP contribution in [0.15, 0.2) is 0 Å². The highest BCUT2D eigenvalue weighted by atomic mass is 15.2. The van der Waals surface area contributed by atoms with Gasteiger partial charge in [-0.25, -0.2) is 0 Å². The third-order valence-electron chi connectivity index (χ3n) is 4.53. The lowest BCUT2D eigenvalue weighted by Crippen LogP contribution is -2.59. The highest BCUT2D eigenvalue weighted by Crippen LogP contribution is 2.41. The zero-order valence-corrected chi connectivity index (χ0v) is 10.4. The molecule has 0 aromatic heterocycles. The van der Waals surface area contributed by atoms with Crippen molar-refractivity contribution in [2.75, 3.05) is 19.6 Å². The van der Waals surface area contributed by atoms with Crippen molar-refractivity contribution in [2.24, 2.45) is 0 Å². The average Bonchev–Trinajstić information content (AvgIpc) is 2.18. The average molecular weight is 210 g/mol. The SMILES string of the molecule is CCNC1CCCN(C2(CC)CCC2)C1. The van der Waals surface area contributed by atoms with Crippen LogP contribution in [0.1, 0.15) is 52.4 Å². The van der Waals surface area contributed by atoms with Gasteiger partial charge in [-0.05, 0) is 51.6 Å². The van der Waals surface area contributed by atoms with Crippen LogP contribution < -0.4 is 5.32 Å². The van der Waals surface area contributed by atoms with Crippen molar-refractivity contribution in [3.63, 3.8) is 0 Å². The Bertz CT molecular complexity index is 191. The molecule has 1 heterocycles. The summed E-state index contributed by atoms with van der Waals surface area (Å²) in [6, 6.07) is 0.757. The zero-order valence-electron chi connectivity index (χ0n) is 10.4. The lowest BCUT2D eigenvalue weighted by Gasteiger charge is -2.53. The molecule has 0 spiro atoms. The largest absolute Gasteiger partial charge is 0.313 e. The minimum Gasteiger partial charge on any atom is -0.313 e. The summed E-state index contributed by atoms with van der Waals surface area (Å²) < 4.78 is 0. The quantitative estimate of drug-likeness (QED) is 0.766. The van der Waals surface area contributed by atoms with E-state index < -0.39 is 0 Å². The van der Waals surface area contributed by atoms with Crippen LogP contribution in [0.4, 0.5) is 0 Å². The number of likely N-dealkylation sites (tertiary alicyclic amines) is 1. The topological polar surface area (TPSA) is 15.3 Å². The minimum atomic E-state index is 0.605.